The van der Waals surface area contributed by atoms with Crippen LogP contribution in [0.25, 0.3) is 0 Å². The zero-order chi connectivity index (χ0) is 8.27. The van der Waals surface area contributed by atoms with Crippen molar-refractivity contribution in [3.8, 4) is 6.07 Å². The molecule has 0 aromatic heterocycles. The molecule has 2 nitrogen and oxygen atoms in total. The lowest BCUT2D eigenvalue weighted by atomic mass is 10.00. The standard InChI is InChI=1S/C8H14N2S/c1-10(2)8(5-9)7-3-4-11-6-7/h7-8H,3-4,6H2,1-2H3. The molecular weight excluding hydrogens is 156 g/mol. The Morgan fingerprint density at radius 2 is 2.36 bits per heavy atom. The van der Waals surface area contributed by atoms with Crippen LogP contribution >= 0.6 is 11.8 Å². The number of rotatable bonds is 2. The highest BCUT2D eigenvalue weighted by molar-refractivity contribution is 7.99. The van der Waals surface area contributed by atoms with E-state index in [1.54, 1.807) is 0 Å². The number of hydrogen-bond donors (Lipinski definition) is 0. The molecule has 1 heterocycles. The van der Waals surface area contributed by atoms with Crippen LogP contribution in [0.1, 0.15) is 6.42 Å². The van der Waals surface area contributed by atoms with Crippen LogP contribution in [0.5, 0.6) is 0 Å². The van der Waals surface area contributed by atoms with Gasteiger partial charge in [0.2, 0.25) is 0 Å². The predicted molar refractivity (Wildman–Crippen MR) is 48.5 cm³/mol. The van der Waals surface area contributed by atoms with Crippen molar-refractivity contribution >= 4 is 11.8 Å². The quantitative estimate of drug-likeness (QED) is 0.623. The molecule has 1 aliphatic rings. The molecular formula is C8H14N2S. The minimum Gasteiger partial charge on any atom is -0.294 e. The predicted octanol–water partition coefficient (Wildman–Crippen LogP) is 1.19. The van der Waals surface area contributed by atoms with Crippen LogP contribution in [0.4, 0.5) is 0 Å². The highest BCUT2D eigenvalue weighted by atomic mass is 32.2. The minimum absolute atomic E-state index is 0.130. The molecule has 1 fully saturated rings. The number of thioether (sulfide) groups is 1. The highest BCUT2D eigenvalue weighted by Gasteiger charge is 2.26. The molecule has 11 heavy (non-hydrogen) atoms. The van der Waals surface area contributed by atoms with Crippen LogP contribution in [0.15, 0.2) is 0 Å². The van der Waals surface area contributed by atoms with Crippen molar-refractivity contribution in [1.29, 1.82) is 5.26 Å². The average molecular weight is 170 g/mol. The summed E-state index contributed by atoms with van der Waals surface area (Å²) in [6, 6.07) is 2.49. The average Bonchev–Trinajstić information content (AvgIpc) is 2.40. The monoisotopic (exact) mass is 170 g/mol. The van der Waals surface area contributed by atoms with Gasteiger partial charge in [-0.25, -0.2) is 0 Å². The Hall–Kier alpha value is -0.200. The second kappa shape index (κ2) is 3.99. The molecule has 0 N–H and O–H groups in total. The maximum absolute atomic E-state index is 8.86. The third-order valence-electron chi connectivity index (χ3n) is 2.10. The fourth-order valence-corrected chi connectivity index (χ4v) is 2.73. The summed E-state index contributed by atoms with van der Waals surface area (Å²) in [7, 11) is 3.97. The largest absolute Gasteiger partial charge is 0.294 e. The van der Waals surface area contributed by atoms with E-state index in [0.29, 0.717) is 5.92 Å². The van der Waals surface area contributed by atoms with Crippen molar-refractivity contribution in [3.05, 3.63) is 0 Å². The maximum atomic E-state index is 8.86. The molecule has 0 aromatic rings. The van der Waals surface area contributed by atoms with Crippen LogP contribution in [0.3, 0.4) is 0 Å². The van der Waals surface area contributed by atoms with E-state index in [1.807, 2.05) is 30.8 Å². The van der Waals surface area contributed by atoms with Crippen molar-refractivity contribution in [1.82, 2.24) is 4.90 Å². The Bertz CT molecular complexity index is 156. The van der Waals surface area contributed by atoms with Crippen LogP contribution in [0, 0.1) is 17.2 Å². The van der Waals surface area contributed by atoms with Crippen molar-refractivity contribution in [2.45, 2.75) is 12.5 Å². The molecule has 0 amide bonds. The SMILES string of the molecule is CN(C)C(C#N)C1CCSC1. The van der Waals surface area contributed by atoms with Crippen molar-refractivity contribution in [3.63, 3.8) is 0 Å². The summed E-state index contributed by atoms with van der Waals surface area (Å²) in [5.41, 5.74) is 0. The second-order valence-corrected chi connectivity index (χ2v) is 4.31. The Labute approximate surface area is 72.6 Å². The van der Waals surface area contributed by atoms with Gasteiger partial charge >= 0.3 is 0 Å². The minimum atomic E-state index is 0.130. The first kappa shape index (κ1) is 8.89. The molecule has 1 saturated heterocycles. The molecule has 3 heteroatoms. The zero-order valence-corrected chi connectivity index (χ0v) is 7.90. The summed E-state index contributed by atoms with van der Waals surface area (Å²) in [5.74, 6) is 2.99. The van der Waals surface area contributed by atoms with Crippen molar-refractivity contribution in [2.75, 3.05) is 25.6 Å². The first-order chi connectivity index (χ1) is 5.25. The van der Waals surface area contributed by atoms with Gasteiger partial charge in [-0.15, -0.1) is 0 Å². The summed E-state index contributed by atoms with van der Waals surface area (Å²) in [6.45, 7) is 0. The van der Waals surface area contributed by atoms with Crippen molar-refractivity contribution in [2.24, 2.45) is 5.92 Å². The maximum Gasteiger partial charge on any atom is 0.101 e. The number of hydrogen-bond acceptors (Lipinski definition) is 3. The smallest absolute Gasteiger partial charge is 0.101 e. The molecule has 2 unspecified atom stereocenters. The summed E-state index contributed by atoms with van der Waals surface area (Å²) in [4.78, 5) is 2.02. The number of nitriles is 1. The summed E-state index contributed by atoms with van der Waals surface area (Å²) >= 11 is 1.97. The molecule has 0 radical (unpaired) electrons. The van der Waals surface area contributed by atoms with E-state index in [9.17, 15) is 0 Å². The Balaban J connectivity index is 2.48. The summed E-state index contributed by atoms with van der Waals surface area (Å²) in [6.07, 6.45) is 1.21. The first-order valence-corrected chi connectivity index (χ1v) is 5.05. The fourth-order valence-electron chi connectivity index (χ4n) is 1.44. The van der Waals surface area contributed by atoms with E-state index in [4.69, 9.17) is 5.26 Å². The zero-order valence-electron chi connectivity index (χ0n) is 7.08. The third kappa shape index (κ3) is 2.11. The summed E-state index contributed by atoms with van der Waals surface area (Å²) in [5, 5.41) is 8.86. The molecule has 0 saturated carbocycles. The molecule has 1 rings (SSSR count). The van der Waals surface area contributed by atoms with E-state index in [1.165, 1.54) is 12.2 Å². The van der Waals surface area contributed by atoms with Gasteiger partial charge in [0.1, 0.15) is 6.04 Å². The van der Waals surface area contributed by atoms with Gasteiger partial charge in [-0.05, 0) is 37.9 Å². The van der Waals surface area contributed by atoms with Crippen LogP contribution in [-0.2, 0) is 0 Å². The number of nitrogens with zero attached hydrogens (tertiary/aromatic N) is 2. The third-order valence-corrected chi connectivity index (χ3v) is 3.29. The van der Waals surface area contributed by atoms with Crippen molar-refractivity contribution < 1.29 is 0 Å². The fraction of sp³-hybridized carbons (Fsp3) is 0.875. The molecule has 62 valence electrons. The lowest BCUT2D eigenvalue weighted by Gasteiger charge is -2.22. The van der Waals surface area contributed by atoms with E-state index >= 15 is 0 Å². The van der Waals surface area contributed by atoms with Gasteiger partial charge in [0.05, 0.1) is 6.07 Å². The Morgan fingerprint density at radius 3 is 2.73 bits per heavy atom. The lowest BCUT2D eigenvalue weighted by Crippen LogP contribution is -2.33. The Kier molecular flexibility index (Phi) is 3.22. The molecule has 1 aliphatic heterocycles. The normalized spacial score (nSPS) is 26.9. The topological polar surface area (TPSA) is 27.0 Å². The van der Waals surface area contributed by atoms with Gasteiger partial charge in [0.25, 0.3) is 0 Å². The molecule has 0 aliphatic carbocycles. The summed E-state index contributed by atoms with van der Waals surface area (Å²) < 4.78 is 0. The van der Waals surface area contributed by atoms with Crippen LogP contribution < -0.4 is 0 Å². The molecule has 2 atom stereocenters. The molecule has 0 aromatic carbocycles. The van der Waals surface area contributed by atoms with E-state index in [2.05, 4.69) is 6.07 Å². The van der Waals surface area contributed by atoms with Gasteiger partial charge in [-0.3, -0.25) is 4.90 Å². The van der Waals surface area contributed by atoms with E-state index in [0.717, 1.165) is 5.75 Å². The van der Waals surface area contributed by atoms with Gasteiger partial charge in [0.15, 0.2) is 0 Å². The first-order valence-electron chi connectivity index (χ1n) is 3.89. The Morgan fingerprint density at radius 1 is 1.64 bits per heavy atom. The lowest BCUT2D eigenvalue weighted by molar-refractivity contribution is 0.278. The van der Waals surface area contributed by atoms with Gasteiger partial charge < -0.3 is 0 Å². The van der Waals surface area contributed by atoms with Gasteiger partial charge in [-0.2, -0.15) is 17.0 Å². The van der Waals surface area contributed by atoms with E-state index < -0.39 is 0 Å². The van der Waals surface area contributed by atoms with Gasteiger partial charge in [-0.1, -0.05) is 0 Å². The van der Waals surface area contributed by atoms with E-state index in [-0.39, 0.29) is 6.04 Å². The molecule has 0 bridgehead atoms. The highest BCUT2D eigenvalue weighted by Crippen LogP contribution is 2.27. The molecule has 0 spiro atoms. The van der Waals surface area contributed by atoms with Crippen LogP contribution in [0.2, 0.25) is 0 Å². The second-order valence-electron chi connectivity index (χ2n) is 3.16. The van der Waals surface area contributed by atoms with Gasteiger partial charge in [0, 0.05) is 0 Å². The van der Waals surface area contributed by atoms with Crippen LogP contribution in [-0.4, -0.2) is 36.5 Å².